The molecule has 4 N–H and O–H groups in total. The van der Waals surface area contributed by atoms with Gasteiger partial charge in [0.1, 0.15) is 6.23 Å². The van der Waals surface area contributed by atoms with Gasteiger partial charge in [0.15, 0.2) is 6.35 Å². The molecule has 2 aliphatic heterocycles. The van der Waals surface area contributed by atoms with Gasteiger partial charge in [-0.25, -0.2) is 0 Å². The number of aryl methyl sites for hydroxylation is 2. The zero-order chi connectivity index (χ0) is 25.4. The highest BCUT2D eigenvalue weighted by molar-refractivity contribution is 9.10. The van der Waals surface area contributed by atoms with E-state index >= 15 is 0 Å². The van der Waals surface area contributed by atoms with Gasteiger partial charge >= 0.3 is 0 Å². The third kappa shape index (κ3) is 5.76. The van der Waals surface area contributed by atoms with Gasteiger partial charge in [-0.05, 0) is 96.1 Å². The van der Waals surface area contributed by atoms with Crippen LogP contribution in [-0.2, 0) is 12.8 Å². The van der Waals surface area contributed by atoms with Crippen molar-refractivity contribution in [1.29, 1.82) is 0 Å². The summed E-state index contributed by atoms with van der Waals surface area (Å²) in [6.07, 6.45) is 6.89. The summed E-state index contributed by atoms with van der Waals surface area (Å²) < 4.78 is 2.01. The predicted octanol–water partition coefficient (Wildman–Crippen LogP) is 4.91. The van der Waals surface area contributed by atoms with Crippen molar-refractivity contribution in [3.63, 3.8) is 0 Å². The average molecular weight is 641 g/mol. The van der Waals surface area contributed by atoms with E-state index < -0.39 is 12.6 Å². The van der Waals surface area contributed by atoms with Crippen LogP contribution in [0, 0.1) is 5.92 Å². The Labute approximate surface area is 234 Å². The molecule has 5 rings (SSSR count). The van der Waals surface area contributed by atoms with E-state index in [4.69, 9.17) is 22.3 Å². The number of nitrogens with zero attached hydrogens (tertiary/aromatic N) is 3. The molecular weight excluding hydrogens is 608 g/mol. The summed E-state index contributed by atoms with van der Waals surface area (Å²) in [7, 11) is 0. The van der Waals surface area contributed by atoms with Crippen LogP contribution in [0.2, 0.25) is 5.02 Å². The third-order valence-electron chi connectivity index (χ3n) is 7.96. The molecule has 1 aromatic carbocycles. The molecule has 2 atom stereocenters. The summed E-state index contributed by atoms with van der Waals surface area (Å²) in [5.41, 5.74) is 13.0. The van der Waals surface area contributed by atoms with Crippen LogP contribution in [0.3, 0.4) is 0 Å². The Morgan fingerprint density at radius 1 is 0.972 bits per heavy atom. The van der Waals surface area contributed by atoms with E-state index in [1.165, 1.54) is 27.8 Å². The minimum absolute atomic E-state index is 0.441. The highest BCUT2D eigenvalue weighted by atomic mass is 79.9. The van der Waals surface area contributed by atoms with Gasteiger partial charge in [-0.2, -0.15) is 0 Å². The molecule has 1 aromatic heterocycles. The van der Waals surface area contributed by atoms with Crippen molar-refractivity contribution in [3.8, 4) is 0 Å². The van der Waals surface area contributed by atoms with Crippen molar-refractivity contribution >= 4 is 49.0 Å². The predicted molar refractivity (Wildman–Crippen MR) is 150 cm³/mol. The number of rotatable bonds is 4. The number of halogens is 3. The normalized spacial score (nSPS) is 21.6. The third-order valence-corrected chi connectivity index (χ3v) is 9.24. The number of aliphatic hydroxyl groups excluding tert-OH is 2. The summed E-state index contributed by atoms with van der Waals surface area (Å²) in [5, 5.41) is 21.4. The lowest BCUT2D eigenvalue weighted by atomic mass is 9.88. The first kappa shape index (κ1) is 26.8. The van der Waals surface area contributed by atoms with Gasteiger partial charge in [-0.1, -0.05) is 33.1 Å². The Kier molecular flexibility index (Phi) is 8.54. The molecule has 2 saturated heterocycles. The van der Waals surface area contributed by atoms with Crippen molar-refractivity contribution in [1.82, 2.24) is 14.8 Å². The summed E-state index contributed by atoms with van der Waals surface area (Å²) in [6, 6.07) is 6.27. The molecule has 3 heterocycles. The molecule has 2 aromatic rings. The molecule has 3 aliphatic rings. The quantitative estimate of drug-likeness (QED) is 0.412. The topological polar surface area (TPSA) is 85.8 Å². The number of hydrogen-bond acceptors (Lipinski definition) is 6. The summed E-state index contributed by atoms with van der Waals surface area (Å²) >= 11 is 13.9. The molecule has 6 nitrogen and oxygen atoms in total. The fourth-order valence-electron chi connectivity index (χ4n) is 5.98. The summed E-state index contributed by atoms with van der Waals surface area (Å²) in [6.45, 7) is 3.22. The van der Waals surface area contributed by atoms with Crippen molar-refractivity contribution < 1.29 is 10.2 Å². The molecule has 194 valence electrons. The van der Waals surface area contributed by atoms with E-state index in [2.05, 4.69) is 48.9 Å². The lowest BCUT2D eigenvalue weighted by Crippen LogP contribution is -2.47. The Morgan fingerprint density at radius 3 is 2.36 bits per heavy atom. The second-order valence-electron chi connectivity index (χ2n) is 10.2. The minimum Gasteiger partial charge on any atom is -0.378 e. The molecule has 0 spiro atoms. The number of likely N-dealkylation sites (tertiary alicyclic amines) is 2. The molecule has 0 amide bonds. The van der Waals surface area contributed by atoms with E-state index in [-0.39, 0.29) is 0 Å². The molecule has 0 bridgehead atoms. The highest BCUT2D eigenvalue weighted by Gasteiger charge is 2.30. The van der Waals surface area contributed by atoms with Crippen LogP contribution in [0.15, 0.2) is 38.9 Å². The standard InChI is InChI=1S/C27H33Br2ClN4O2/c28-20-12-19-2-1-18-13-21(30)14-22(29)24(18)25(26(19)32-15-20)17-5-9-33(10-6-17)23(35)11-16-3-7-34(8-4-16)27(31)36/h12-16,23,27,35-36H,1-11,31H2. The molecule has 36 heavy (non-hydrogen) atoms. The zero-order valence-corrected chi connectivity index (χ0v) is 24.2. The van der Waals surface area contributed by atoms with Crippen molar-refractivity contribution in [2.75, 3.05) is 26.2 Å². The van der Waals surface area contributed by atoms with Crippen LogP contribution in [0.1, 0.15) is 54.5 Å². The number of aromatic nitrogens is 1. The monoisotopic (exact) mass is 638 g/mol. The molecule has 2 unspecified atom stereocenters. The van der Waals surface area contributed by atoms with Gasteiger partial charge in [-0.3, -0.25) is 20.5 Å². The van der Waals surface area contributed by atoms with Crippen LogP contribution >= 0.6 is 43.5 Å². The van der Waals surface area contributed by atoms with Gasteiger partial charge in [0.05, 0.1) is 5.69 Å². The summed E-state index contributed by atoms with van der Waals surface area (Å²) in [5.74, 6) is 0.457. The minimum atomic E-state index is -0.879. The van der Waals surface area contributed by atoms with Gasteiger partial charge in [0.25, 0.3) is 0 Å². The van der Waals surface area contributed by atoms with Crippen LogP contribution in [-0.4, -0.2) is 63.8 Å². The van der Waals surface area contributed by atoms with Crippen LogP contribution in [0.25, 0.3) is 5.57 Å². The van der Waals surface area contributed by atoms with Gasteiger partial charge in [0.2, 0.25) is 0 Å². The number of benzene rings is 1. The molecule has 9 heteroatoms. The maximum absolute atomic E-state index is 11.0. The van der Waals surface area contributed by atoms with Gasteiger partial charge < -0.3 is 10.2 Å². The number of pyridine rings is 1. The van der Waals surface area contributed by atoms with Crippen LogP contribution in [0.4, 0.5) is 0 Å². The number of aliphatic hydroxyl groups is 2. The highest BCUT2D eigenvalue weighted by Crippen LogP contribution is 2.43. The second-order valence-corrected chi connectivity index (χ2v) is 12.4. The van der Waals surface area contributed by atoms with E-state index in [9.17, 15) is 10.2 Å². The SMILES string of the molecule is NC(O)N1CCC(CC(O)N2CCC(=C3c4ncc(Br)cc4CCc4cc(Cl)cc(Br)c43)CC2)CC1. The fraction of sp³-hybridized carbons (Fsp3) is 0.519. The first-order chi connectivity index (χ1) is 17.3. The van der Waals surface area contributed by atoms with E-state index in [1.54, 1.807) is 0 Å². The number of fused-ring (bicyclic) bond motifs is 2. The van der Waals surface area contributed by atoms with Crippen LogP contribution in [0.5, 0.6) is 0 Å². The number of hydrogen-bond donors (Lipinski definition) is 3. The largest absolute Gasteiger partial charge is 0.378 e. The molecule has 0 radical (unpaired) electrons. The average Bonchev–Trinajstić information content (AvgIpc) is 3.01. The lowest BCUT2D eigenvalue weighted by molar-refractivity contribution is -0.0417. The van der Waals surface area contributed by atoms with E-state index in [0.717, 1.165) is 90.8 Å². The fourth-order valence-corrected chi connectivity index (χ4v) is 7.43. The van der Waals surface area contributed by atoms with Crippen LogP contribution < -0.4 is 5.73 Å². The smallest absolute Gasteiger partial charge is 0.160 e. The summed E-state index contributed by atoms with van der Waals surface area (Å²) in [4.78, 5) is 9.01. The molecular formula is C27H33Br2ClN4O2. The van der Waals surface area contributed by atoms with E-state index in [0.29, 0.717) is 5.92 Å². The maximum Gasteiger partial charge on any atom is 0.160 e. The van der Waals surface area contributed by atoms with E-state index in [1.807, 2.05) is 17.2 Å². The Bertz CT molecular complexity index is 1140. The van der Waals surface area contributed by atoms with Gasteiger partial charge in [0, 0.05) is 57.5 Å². The number of nitrogens with two attached hydrogens (primary N) is 1. The zero-order valence-electron chi connectivity index (χ0n) is 20.3. The molecule has 2 fully saturated rings. The Balaban J connectivity index is 1.36. The Hall–Kier alpha value is -0.840. The second kappa shape index (κ2) is 11.5. The number of piperidine rings is 2. The maximum atomic E-state index is 11.0. The van der Waals surface area contributed by atoms with Crippen molar-refractivity contribution in [3.05, 3.63) is 66.3 Å². The van der Waals surface area contributed by atoms with Crippen molar-refractivity contribution in [2.45, 2.75) is 57.5 Å². The van der Waals surface area contributed by atoms with Gasteiger partial charge in [-0.15, -0.1) is 0 Å². The lowest BCUT2D eigenvalue weighted by Gasteiger charge is -2.38. The van der Waals surface area contributed by atoms with Crippen molar-refractivity contribution in [2.24, 2.45) is 11.7 Å². The molecule has 1 aliphatic carbocycles. The first-order valence-corrected chi connectivity index (χ1v) is 14.7. The first-order valence-electron chi connectivity index (χ1n) is 12.7. The Morgan fingerprint density at radius 2 is 1.67 bits per heavy atom. The molecule has 0 saturated carbocycles.